The van der Waals surface area contributed by atoms with E-state index in [0.717, 1.165) is 9.79 Å². The van der Waals surface area contributed by atoms with E-state index in [0.29, 0.717) is 0 Å². The van der Waals surface area contributed by atoms with Crippen molar-refractivity contribution in [2.75, 3.05) is 0 Å². The molecule has 2 N–H and O–H groups in total. The van der Waals surface area contributed by atoms with E-state index in [9.17, 15) is 16.8 Å². The van der Waals surface area contributed by atoms with Crippen molar-refractivity contribution in [1.82, 2.24) is 0 Å². The molecule has 0 amide bonds. The summed E-state index contributed by atoms with van der Waals surface area (Å²) in [4.78, 5) is 1.49. The molecule has 124 valence electrons. The summed E-state index contributed by atoms with van der Waals surface area (Å²) in [6.07, 6.45) is 0. The van der Waals surface area contributed by atoms with Crippen molar-refractivity contribution in [3.05, 3.63) is 48.5 Å². The molecule has 0 unspecified atom stereocenters. The van der Waals surface area contributed by atoms with Gasteiger partial charge in [-0.3, -0.25) is 9.11 Å². The van der Waals surface area contributed by atoms with Gasteiger partial charge in [0.25, 0.3) is 0 Å². The van der Waals surface area contributed by atoms with E-state index < -0.39 is 20.8 Å². The van der Waals surface area contributed by atoms with E-state index in [1.807, 2.05) is 0 Å². The highest BCUT2D eigenvalue weighted by molar-refractivity contribution is 7.99. The largest absolute Gasteiger partial charge is 0.446 e. The van der Waals surface area contributed by atoms with Crippen LogP contribution in [-0.4, -0.2) is 25.9 Å². The number of hydrogen-bond donors (Lipinski definition) is 2. The molecule has 2 aromatic rings. The van der Waals surface area contributed by atoms with Gasteiger partial charge < -0.3 is 8.37 Å². The third kappa shape index (κ3) is 6.46. The molecule has 2 rings (SSSR count). The lowest BCUT2D eigenvalue weighted by Gasteiger charge is -2.05. The van der Waals surface area contributed by atoms with Crippen molar-refractivity contribution in [2.45, 2.75) is 9.79 Å². The molecule has 0 aliphatic heterocycles. The van der Waals surface area contributed by atoms with Gasteiger partial charge >= 0.3 is 20.8 Å². The first kappa shape index (κ1) is 17.6. The molecule has 8 nitrogen and oxygen atoms in total. The zero-order valence-electron chi connectivity index (χ0n) is 11.2. The van der Waals surface area contributed by atoms with Crippen LogP contribution in [0.2, 0.25) is 0 Å². The summed E-state index contributed by atoms with van der Waals surface area (Å²) >= 11 is 1.31. The summed E-state index contributed by atoms with van der Waals surface area (Å²) < 4.78 is 67.9. The Bertz CT molecular complexity index is 795. The zero-order chi connectivity index (χ0) is 17.1. The van der Waals surface area contributed by atoms with Crippen LogP contribution in [0.25, 0.3) is 0 Å². The smallest absolute Gasteiger partial charge is 0.362 e. The van der Waals surface area contributed by atoms with Gasteiger partial charge in [0, 0.05) is 9.79 Å². The Balaban J connectivity index is 2.04. The predicted octanol–water partition coefficient (Wildman–Crippen LogP) is 2.20. The maximum absolute atomic E-state index is 10.6. The second-order valence-corrected chi connectivity index (χ2v) is 7.26. The maximum Gasteiger partial charge on any atom is 0.446 e. The molecule has 11 heteroatoms. The van der Waals surface area contributed by atoms with Crippen LogP contribution in [0.4, 0.5) is 0 Å². The maximum atomic E-state index is 10.6. The fourth-order valence-corrected chi connectivity index (χ4v) is 3.03. The van der Waals surface area contributed by atoms with Crippen LogP contribution in [0, 0.1) is 0 Å². The SMILES string of the molecule is O=S(=O)(O)Oc1ccc(Sc2ccc(OS(=O)(=O)O)cc2)cc1. The lowest BCUT2D eigenvalue weighted by Crippen LogP contribution is -2.06. The highest BCUT2D eigenvalue weighted by Crippen LogP contribution is 2.30. The average molecular weight is 378 g/mol. The zero-order valence-corrected chi connectivity index (χ0v) is 13.6. The molecule has 0 radical (unpaired) electrons. The molecule has 0 saturated carbocycles. The van der Waals surface area contributed by atoms with Crippen LogP contribution in [0.5, 0.6) is 11.5 Å². The Morgan fingerprint density at radius 1 is 0.652 bits per heavy atom. The third-order valence-corrected chi connectivity index (χ3v) is 4.11. The summed E-state index contributed by atoms with van der Waals surface area (Å²) in [6.45, 7) is 0. The summed E-state index contributed by atoms with van der Waals surface area (Å²) in [6, 6.07) is 11.8. The second-order valence-electron chi connectivity index (χ2n) is 4.07. The van der Waals surface area contributed by atoms with Crippen molar-refractivity contribution in [3.63, 3.8) is 0 Å². The summed E-state index contributed by atoms with van der Waals surface area (Å²) in [5.74, 6) is -0.0671. The number of rotatable bonds is 6. The Hall–Kier alpha value is -1.79. The lowest BCUT2D eigenvalue weighted by molar-refractivity contribution is 0.384. The molecule has 0 aliphatic carbocycles. The summed E-state index contributed by atoms with van der Waals surface area (Å²) in [5.41, 5.74) is 0. The van der Waals surface area contributed by atoms with Gasteiger partial charge in [-0.15, -0.1) is 0 Å². The van der Waals surface area contributed by atoms with Gasteiger partial charge in [0.2, 0.25) is 0 Å². The molecular formula is C12H10O8S3. The molecule has 0 atom stereocenters. The Kier molecular flexibility index (Phi) is 5.16. The first-order valence-electron chi connectivity index (χ1n) is 5.82. The van der Waals surface area contributed by atoms with Crippen LogP contribution in [0.15, 0.2) is 58.3 Å². The fraction of sp³-hybridized carbons (Fsp3) is 0. The van der Waals surface area contributed by atoms with E-state index >= 15 is 0 Å². The predicted molar refractivity (Wildman–Crippen MR) is 81.4 cm³/mol. The minimum absolute atomic E-state index is 0.0336. The van der Waals surface area contributed by atoms with E-state index in [1.165, 1.54) is 36.0 Å². The molecule has 0 saturated heterocycles. The van der Waals surface area contributed by atoms with Crippen molar-refractivity contribution in [1.29, 1.82) is 0 Å². The third-order valence-electron chi connectivity index (χ3n) is 2.29. The standard InChI is InChI=1S/C12H10O8S3/c13-22(14,15)19-9-1-5-11(6-2-9)21-12-7-3-10(4-8-12)20-23(16,17)18/h1-8H,(H,13,14,15)(H,16,17,18). The lowest BCUT2D eigenvalue weighted by atomic mass is 10.3. The number of benzene rings is 2. The minimum atomic E-state index is -4.56. The van der Waals surface area contributed by atoms with Crippen molar-refractivity contribution in [3.8, 4) is 11.5 Å². The van der Waals surface area contributed by atoms with E-state index in [2.05, 4.69) is 8.37 Å². The Labute approximate surface area is 137 Å². The molecular weight excluding hydrogens is 368 g/mol. The van der Waals surface area contributed by atoms with Gasteiger partial charge in [0.15, 0.2) is 0 Å². The van der Waals surface area contributed by atoms with Crippen LogP contribution in [0.1, 0.15) is 0 Å². The monoisotopic (exact) mass is 378 g/mol. The Morgan fingerprint density at radius 2 is 0.957 bits per heavy atom. The van der Waals surface area contributed by atoms with Gasteiger partial charge in [-0.25, -0.2) is 0 Å². The van der Waals surface area contributed by atoms with Crippen LogP contribution < -0.4 is 8.37 Å². The van der Waals surface area contributed by atoms with Crippen LogP contribution in [-0.2, 0) is 20.8 Å². The van der Waals surface area contributed by atoms with Gasteiger partial charge in [0.1, 0.15) is 11.5 Å². The molecule has 23 heavy (non-hydrogen) atoms. The molecule has 0 aromatic heterocycles. The van der Waals surface area contributed by atoms with E-state index in [4.69, 9.17) is 9.11 Å². The first-order valence-corrected chi connectivity index (χ1v) is 9.37. The van der Waals surface area contributed by atoms with Crippen molar-refractivity contribution in [2.24, 2.45) is 0 Å². The molecule has 0 aliphatic rings. The minimum Gasteiger partial charge on any atom is -0.362 e. The van der Waals surface area contributed by atoms with E-state index in [-0.39, 0.29) is 11.5 Å². The molecule has 0 spiro atoms. The topological polar surface area (TPSA) is 127 Å². The van der Waals surface area contributed by atoms with Crippen LogP contribution in [0.3, 0.4) is 0 Å². The highest BCUT2D eigenvalue weighted by atomic mass is 32.3. The van der Waals surface area contributed by atoms with E-state index in [1.54, 1.807) is 24.3 Å². The molecule has 2 aromatic carbocycles. The van der Waals surface area contributed by atoms with Crippen molar-refractivity contribution >= 4 is 32.6 Å². The second kappa shape index (κ2) is 6.76. The van der Waals surface area contributed by atoms with Gasteiger partial charge in [-0.1, -0.05) is 11.8 Å². The van der Waals surface area contributed by atoms with Crippen molar-refractivity contribution < 1.29 is 34.3 Å². The molecule has 0 bridgehead atoms. The van der Waals surface area contributed by atoms with Gasteiger partial charge in [0.05, 0.1) is 0 Å². The summed E-state index contributed by atoms with van der Waals surface area (Å²) in [5, 5.41) is 0. The highest BCUT2D eigenvalue weighted by Gasteiger charge is 2.08. The number of hydrogen-bond acceptors (Lipinski definition) is 7. The van der Waals surface area contributed by atoms with Gasteiger partial charge in [-0.2, -0.15) is 16.8 Å². The van der Waals surface area contributed by atoms with Crippen LogP contribution >= 0.6 is 11.8 Å². The quantitative estimate of drug-likeness (QED) is 0.727. The normalized spacial score (nSPS) is 11.9. The first-order chi connectivity index (χ1) is 10.6. The molecule has 0 fully saturated rings. The van der Waals surface area contributed by atoms with Gasteiger partial charge in [-0.05, 0) is 48.5 Å². The Morgan fingerprint density at radius 3 is 1.22 bits per heavy atom. The fourth-order valence-electron chi connectivity index (χ4n) is 1.51. The average Bonchev–Trinajstić information content (AvgIpc) is 2.40. The summed E-state index contributed by atoms with van der Waals surface area (Å²) in [7, 11) is -9.12. The molecule has 0 heterocycles.